The molecule has 1 aromatic heterocycles. The van der Waals surface area contributed by atoms with E-state index in [2.05, 4.69) is 5.10 Å². The number of nitrogens with zero attached hydrogens (tertiary/aromatic N) is 2. The molecule has 26 heavy (non-hydrogen) atoms. The van der Waals surface area contributed by atoms with Crippen molar-refractivity contribution in [2.45, 2.75) is 6.61 Å². The van der Waals surface area contributed by atoms with Gasteiger partial charge in [-0.3, -0.25) is 4.79 Å². The molecular formula is C18H16N2O6. The molecule has 8 heteroatoms. The van der Waals surface area contributed by atoms with Gasteiger partial charge in [0.2, 0.25) is 0 Å². The van der Waals surface area contributed by atoms with Gasteiger partial charge in [0.15, 0.2) is 0 Å². The molecule has 2 N–H and O–H groups in total. The molecule has 0 saturated carbocycles. The molecule has 0 atom stereocenters. The molecule has 1 aliphatic rings. The normalized spacial score (nSPS) is 15.6. The number of benzene rings is 1. The van der Waals surface area contributed by atoms with Crippen molar-refractivity contribution in [2.24, 2.45) is 5.10 Å². The number of aliphatic hydroxyl groups excluding tert-OH is 1. The zero-order chi connectivity index (χ0) is 18.7. The number of aliphatic hydroxyl groups is 1. The molecule has 1 amide bonds. The van der Waals surface area contributed by atoms with Crippen LogP contribution in [0, 0.1) is 0 Å². The number of anilines is 1. The summed E-state index contributed by atoms with van der Waals surface area (Å²) < 4.78 is 10.5. The Balaban J connectivity index is 1.93. The van der Waals surface area contributed by atoms with Crippen LogP contribution in [0.2, 0.25) is 0 Å². The number of methoxy groups -OCH3 is 1. The second-order valence-electron chi connectivity index (χ2n) is 5.47. The summed E-state index contributed by atoms with van der Waals surface area (Å²) in [5.41, 5.74) is 1.27. The molecule has 0 fully saturated rings. The number of furan rings is 1. The number of hydrogen-bond donors (Lipinski definition) is 2. The van der Waals surface area contributed by atoms with Gasteiger partial charge in [0.05, 0.1) is 23.4 Å². The predicted octanol–water partition coefficient (Wildman–Crippen LogP) is 1.90. The van der Waals surface area contributed by atoms with Crippen molar-refractivity contribution in [1.82, 2.24) is 0 Å². The smallest absolute Gasteiger partial charge is 0.335 e. The van der Waals surface area contributed by atoms with E-state index >= 15 is 0 Å². The van der Waals surface area contributed by atoms with Crippen molar-refractivity contribution in [1.29, 1.82) is 0 Å². The lowest BCUT2D eigenvalue weighted by atomic mass is 10.1. The third kappa shape index (κ3) is 3.41. The van der Waals surface area contributed by atoms with Gasteiger partial charge in [-0.05, 0) is 42.5 Å². The molecule has 0 bridgehead atoms. The van der Waals surface area contributed by atoms with E-state index in [1.165, 1.54) is 42.5 Å². The topological polar surface area (TPSA) is 113 Å². The minimum atomic E-state index is -1.05. The minimum Gasteiger partial charge on any atom is -0.478 e. The van der Waals surface area contributed by atoms with Crippen molar-refractivity contribution in [3.63, 3.8) is 0 Å². The first-order chi connectivity index (χ1) is 12.5. The zero-order valence-electron chi connectivity index (χ0n) is 13.9. The van der Waals surface area contributed by atoms with Crippen molar-refractivity contribution in [3.05, 3.63) is 59.1 Å². The Morgan fingerprint density at radius 2 is 2.00 bits per heavy atom. The highest BCUT2D eigenvalue weighted by molar-refractivity contribution is 6.33. The van der Waals surface area contributed by atoms with Crippen molar-refractivity contribution in [3.8, 4) is 0 Å². The second-order valence-corrected chi connectivity index (χ2v) is 5.47. The van der Waals surface area contributed by atoms with Crippen LogP contribution in [0.5, 0.6) is 0 Å². The van der Waals surface area contributed by atoms with E-state index in [4.69, 9.17) is 19.4 Å². The van der Waals surface area contributed by atoms with E-state index in [0.29, 0.717) is 28.5 Å². The summed E-state index contributed by atoms with van der Waals surface area (Å²) in [6, 6.07) is 9.07. The Labute approximate surface area is 148 Å². The molecule has 2 aromatic rings. The number of rotatable bonds is 6. The number of hydrazone groups is 1. The van der Waals surface area contributed by atoms with E-state index in [1.54, 1.807) is 12.1 Å². The average Bonchev–Trinajstić information content (AvgIpc) is 3.22. The summed E-state index contributed by atoms with van der Waals surface area (Å²) >= 11 is 0. The summed E-state index contributed by atoms with van der Waals surface area (Å²) in [4.78, 5) is 23.7. The van der Waals surface area contributed by atoms with Gasteiger partial charge in [-0.25, -0.2) is 4.79 Å². The number of hydrogen-bond acceptors (Lipinski definition) is 6. The molecule has 1 aromatic carbocycles. The fourth-order valence-electron chi connectivity index (χ4n) is 2.47. The molecule has 0 saturated heterocycles. The Bertz CT molecular complexity index is 895. The quantitative estimate of drug-likeness (QED) is 0.765. The largest absolute Gasteiger partial charge is 0.478 e. The van der Waals surface area contributed by atoms with Crippen LogP contribution < -0.4 is 5.01 Å². The fourth-order valence-corrected chi connectivity index (χ4v) is 2.47. The molecule has 2 heterocycles. The second kappa shape index (κ2) is 7.34. The van der Waals surface area contributed by atoms with Crippen LogP contribution >= 0.6 is 0 Å². The van der Waals surface area contributed by atoms with Gasteiger partial charge in [-0.15, -0.1) is 0 Å². The molecule has 8 nitrogen and oxygen atoms in total. The lowest BCUT2D eigenvalue weighted by Gasteiger charge is -2.11. The summed E-state index contributed by atoms with van der Waals surface area (Å²) in [5.74, 6) is -0.647. The van der Waals surface area contributed by atoms with Crippen molar-refractivity contribution < 1.29 is 29.0 Å². The van der Waals surface area contributed by atoms with Crippen LogP contribution in [0.4, 0.5) is 5.69 Å². The van der Waals surface area contributed by atoms with Crippen LogP contribution in [-0.2, 0) is 16.1 Å². The van der Waals surface area contributed by atoms with Gasteiger partial charge in [0, 0.05) is 7.11 Å². The van der Waals surface area contributed by atoms with E-state index in [-0.39, 0.29) is 24.7 Å². The number of amides is 1. The molecule has 0 aliphatic carbocycles. The number of carboxylic acids is 1. The van der Waals surface area contributed by atoms with E-state index in [9.17, 15) is 9.59 Å². The summed E-state index contributed by atoms with van der Waals surface area (Å²) in [7, 11) is 1.49. The van der Waals surface area contributed by atoms with Gasteiger partial charge in [-0.2, -0.15) is 10.1 Å². The molecule has 0 spiro atoms. The molecule has 0 unspecified atom stereocenters. The van der Waals surface area contributed by atoms with Crippen LogP contribution in [0.1, 0.15) is 21.9 Å². The van der Waals surface area contributed by atoms with Gasteiger partial charge >= 0.3 is 5.97 Å². The maximum Gasteiger partial charge on any atom is 0.335 e. The van der Waals surface area contributed by atoms with Crippen LogP contribution in [0.25, 0.3) is 6.08 Å². The molecule has 3 rings (SSSR count). The Hall–Kier alpha value is -3.23. The Morgan fingerprint density at radius 1 is 1.27 bits per heavy atom. The number of ether oxygens (including phenoxy) is 1. The Morgan fingerprint density at radius 3 is 2.58 bits per heavy atom. The average molecular weight is 356 g/mol. The van der Waals surface area contributed by atoms with Gasteiger partial charge in [0.1, 0.15) is 23.8 Å². The predicted molar refractivity (Wildman–Crippen MR) is 92.8 cm³/mol. The first-order valence-corrected chi connectivity index (χ1v) is 7.69. The molecule has 0 radical (unpaired) electrons. The Kier molecular flexibility index (Phi) is 4.97. The molecule has 1 aliphatic heterocycles. The first-order valence-electron chi connectivity index (χ1n) is 7.69. The van der Waals surface area contributed by atoms with Gasteiger partial charge in [-0.1, -0.05) is 0 Å². The summed E-state index contributed by atoms with van der Waals surface area (Å²) in [5, 5.41) is 23.5. The first kappa shape index (κ1) is 17.6. The number of carboxylic acid groups (broad SMARTS) is 1. The lowest BCUT2D eigenvalue weighted by molar-refractivity contribution is -0.114. The lowest BCUT2D eigenvalue weighted by Crippen LogP contribution is -2.21. The van der Waals surface area contributed by atoms with Crippen LogP contribution in [0.15, 0.2) is 51.5 Å². The fraction of sp³-hybridized carbons (Fsp3) is 0.167. The van der Waals surface area contributed by atoms with Crippen molar-refractivity contribution >= 4 is 29.4 Å². The highest BCUT2D eigenvalue weighted by Crippen LogP contribution is 2.26. The molecule has 134 valence electrons. The molecular weight excluding hydrogens is 340 g/mol. The number of carbonyl (C=O) groups excluding carboxylic acids is 1. The van der Waals surface area contributed by atoms with Gasteiger partial charge < -0.3 is 19.4 Å². The number of carbonyl (C=O) groups is 2. The summed E-state index contributed by atoms with van der Waals surface area (Å²) in [6.07, 6.45) is 1.53. The van der Waals surface area contributed by atoms with Gasteiger partial charge in [0.25, 0.3) is 5.91 Å². The number of aromatic carboxylic acids is 1. The standard InChI is InChI=1S/C18H16N2O6/c1-25-10-16-15(8-13-6-7-14(9-21)26-13)17(22)20(19-16)12-4-2-11(3-5-12)18(23)24/h2-8,21H,9-10H2,1H3,(H,23,24)/b15-8-. The van der Waals surface area contributed by atoms with Crippen LogP contribution in [-0.4, -0.2) is 41.5 Å². The third-order valence-corrected chi connectivity index (χ3v) is 3.72. The van der Waals surface area contributed by atoms with E-state index in [1.807, 2.05) is 0 Å². The highest BCUT2D eigenvalue weighted by Gasteiger charge is 2.31. The minimum absolute atomic E-state index is 0.115. The maximum atomic E-state index is 12.8. The highest BCUT2D eigenvalue weighted by atomic mass is 16.5. The maximum absolute atomic E-state index is 12.8. The van der Waals surface area contributed by atoms with Crippen molar-refractivity contribution in [2.75, 3.05) is 18.7 Å². The van der Waals surface area contributed by atoms with E-state index in [0.717, 1.165) is 0 Å². The van der Waals surface area contributed by atoms with Crippen LogP contribution in [0.3, 0.4) is 0 Å². The summed E-state index contributed by atoms with van der Waals surface area (Å²) in [6.45, 7) is -0.118. The SMILES string of the molecule is COCC1=NN(c2ccc(C(=O)O)cc2)C(=O)/C1=C\c1ccc(CO)o1. The zero-order valence-corrected chi connectivity index (χ0v) is 13.9. The third-order valence-electron chi connectivity index (χ3n) is 3.72. The monoisotopic (exact) mass is 356 g/mol. The van der Waals surface area contributed by atoms with E-state index < -0.39 is 5.97 Å².